The van der Waals surface area contributed by atoms with Crippen LogP contribution in [0.15, 0.2) is 42.7 Å². The van der Waals surface area contributed by atoms with Crippen LogP contribution < -0.4 is 10.6 Å². The summed E-state index contributed by atoms with van der Waals surface area (Å²) in [5, 5.41) is 11.4. The zero-order valence-electron chi connectivity index (χ0n) is 18.2. The topological polar surface area (TPSA) is 118 Å². The van der Waals surface area contributed by atoms with E-state index in [1.165, 1.54) is 17.0 Å². The molecule has 0 bridgehead atoms. The number of amides is 2. The van der Waals surface area contributed by atoms with Gasteiger partial charge < -0.3 is 15.2 Å². The first kappa shape index (κ1) is 24.4. The van der Waals surface area contributed by atoms with Crippen molar-refractivity contribution in [1.29, 1.82) is 0 Å². The number of imidazole rings is 1. The number of halogens is 6. The Kier molecular flexibility index (Phi) is 5.90. The van der Waals surface area contributed by atoms with Gasteiger partial charge in [-0.25, -0.2) is 18.7 Å². The molecular weight excluding hydrogens is 525 g/mol. The Morgan fingerprint density at radius 3 is 2.62 bits per heavy atom. The van der Waals surface area contributed by atoms with E-state index in [1.54, 1.807) is 0 Å². The Bertz CT molecular complexity index is 1540. The molecule has 0 unspecified atom stereocenters. The Labute approximate surface area is 208 Å². The molecule has 15 heteroatoms. The Morgan fingerprint density at radius 2 is 1.92 bits per heavy atom. The zero-order chi connectivity index (χ0) is 26.5. The van der Waals surface area contributed by atoms with Crippen LogP contribution in [0.5, 0.6) is 0 Å². The number of aromatic nitrogens is 5. The lowest BCUT2D eigenvalue weighted by Gasteiger charge is -2.28. The van der Waals surface area contributed by atoms with Crippen LogP contribution in [0.25, 0.3) is 11.6 Å². The van der Waals surface area contributed by atoms with Crippen molar-refractivity contribution < 1.29 is 31.5 Å². The number of nitrogens with zero attached hydrogens (tertiary/aromatic N) is 4. The SMILES string of the molecule is O=C1Cn2c(-c3ncn[nH]3)nc(NC(=O)c3cc(F)cc(C(F)(F)F)c3)c2[C@H](c2cc(F)ccc2Cl)N1. The molecule has 0 radical (unpaired) electrons. The fourth-order valence-corrected chi connectivity index (χ4v) is 4.17. The normalized spacial score (nSPS) is 15.3. The van der Waals surface area contributed by atoms with Gasteiger partial charge in [-0.05, 0) is 36.4 Å². The van der Waals surface area contributed by atoms with E-state index in [0.29, 0.717) is 12.1 Å². The minimum Gasteiger partial charge on any atom is -0.342 e. The van der Waals surface area contributed by atoms with E-state index in [4.69, 9.17) is 11.6 Å². The summed E-state index contributed by atoms with van der Waals surface area (Å²) in [4.78, 5) is 33.8. The fourth-order valence-electron chi connectivity index (χ4n) is 3.95. The van der Waals surface area contributed by atoms with Gasteiger partial charge in [0.15, 0.2) is 17.5 Å². The van der Waals surface area contributed by atoms with E-state index in [2.05, 4.69) is 30.8 Å². The summed E-state index contributed by atoms with van der Waals surface area (Å²) in [6.45, 7) is -0.296. The monoisotopic (exact) mass is 537 g/mol. The Balaban J connectivity index is 1.64. The van der Waals surface area contributed by atoms with Crippen molar-refractivity contribution in [3.63, 3.8) is 0 Å². The van der Waals surface area contributed by atoms with Crippen molar-refractivity contribution in [1.82, 2.24) is 30.0 Å². The molecule has 9 nitrogen and oxygen atoms in total. The summed E-state index contributed by atoms with van der Waals surface area (Å²) in [5.41, 5.74) is -1.74. The predicted octanol–water partition coefficient (Wildman–Crippen LogP) is 4.09. The summed E-state index contributed by atoms with van der Waals surface area (Å²) in [6.07, 6.45) is -3.72. The van der Waals surface area contributed by atoms with Crippen LogP contribution in [0.2, 0.25) is 5.02 Å². The largest absolute Gasteiger partial charge is 0.416 e. The van der Waals surface area contributed by atoms with Gasteiger partial charge in [0.2, 0.25) is 5.91 Å². The van der Waals surface area contributed by atoms with Crippen molar-refractivity contribution >= 4 is 29.2 Å². The molecule has 2 aromatic heterocycles. The number of rotatable bonds is 4. The van der Waals surface area contributed by atoms with Crippen molar-refractivity contribution in [2.24, 2.45) is 0 Å². The molecule has 3 N–H and O–H groups in total. The highest BCUT2D eigenvalue weighted by atomic mass is 35.5. The standard InChI is InChI=1S/C22H13ClF5N7O2/c23-14-2-1-11(24)6-13(14)16-17-18(32-20(19-29-8-30-34-19)35(17)7-15(36)31-16)33-21(37)9-3-10(22(26,27)28)5-12(25)4-9/h1-6,8,16H,7H2,(H,31,36)(H,33,37)(H,29,30,34)/t16-/m0/s1. The summed E-state index contributed by atoms with van der Waals surface area (Å²) in [6, 6.07) is 3.72. The minimum atomic E-state index is -4.90. The molecule has 0 aliphatic carbocycles. The highest BCUT2D eigenvalue weighted by molar-refractivity contribution is 6.31. The Hall–Kier alpha value is -4.33. The number of benzene rings is 2. The first-order valence-corrected chi connectivity index (χ1v) is 10.8. The number of fused-ring (bicyclic) bond motifs is 1. The molecule has 37 heavy (non-hydrogen) atoms. The molecule has 190 valence electrons. The first-order chi connectivity index (χ1) is 17.5. The second-order valence-corrected chi connectivity index (χ2v) is 8.34. The second-order valence-electron chi connectivity index (χ2n) is 7.94. The average molecular weight is 538 g/mol. The van der Waals surface area contributed by atoms with Crippen LogP contribution in [0.4, 0.5) is 27.8 Å². The van der Waals surface area contributed by atoms with Crippen LogP contribution in [0.3, 0.4) is 0 Å². The Morgan fingerprint density at radius 1 is 1.14 bits per heavy atom. The lowest BCUT2D eigenvalue weighted by Crippen LogP contribution is -2.39. The van der Waals surface area contributed by atoms with E-state index < -0.39 is 46.8 Å². The van der Waals surface area contributed by atoms with Gasteiger partial charge in [0, 0.05) is 16.1 Å². The second kappa shape index (κ2) is 8.96. The number of carbonyl (C=O) groups excluding carboxylic acids is 2. The number of hydrogen-bond acceptors (Lipinski definition) is 5. The minimum absolute atomic E-state index is 0.0467. The van der Waals surface area contributed by atoms with Crippen molar-refractivity contribution in [2.45, 2.75) is 18.8 Å². The number of anilines is 1. The van der Waals surface area contributed by atoms with Gasteiger partial charge in [-0.2, -0.15) is 18.3 Å². The third-order valence-corrected chi connectivity index (χ3v) is 5.85. The third kappa shape index (κ3) is 4.62. The molecule has 1 aliphatic rings. The number of carbonyl (C=O) groups is 2. The first-order valence-electron chi connectivity index (χ1n) is 10.4. The molecular formula is C22H13ClF5N7O2. The maximum Gasteiger partial charge on any atom is 0.416 e. The molecule has 2 aromatic carbocycles. The van der Waals surface area contributed by atoms with Crippen molar-refractivity contribution in [3.8, 4) is 11.6 Å². The highest BCUT2D eigenvalue weighted by Crippen LogP contribution is 2.38. The predicted molar refractivity (Wildman–Crippen MR) is 118 cm³/mol. The van der Waals surface area contributed by atoms with E-state index in [1.807, 2.05) is 0 Å². The molecule has 5 rings (SSSR count). The van der Waals surface area contributed by atoms with Gasteiger partial charge in [-0.1, -0.05) is 11.6 Å². The quantitative estimate of drug-likeness (QED) is 0.339. The van der Waals surface area contributed by atoms with Crippen LogP contribution in [-0.4, -0.2) is 36.5 Å². The molecule has 0 spiro atoms. The van der Waals surface area contributed by atoms with Gasteiger partial charge in [0.05, 0.1) is 17.3 Å². The molecule has 2 amide bonds. The smallest absolute Gasteiger partial charge is 0.342 e. The van der Waals surface area contributed by atoms with Crippen molar-refractivity contribution in [3.05, 3.63) is 81.8 Å². The summed E-state index contributed by atoms with van der Waals surface area (Å²) >= 11 is 6.27. The van der Waals surface area contributed by atoms with Crippen LogP contribution >= 0.6 is 11.6 Å². The van der Waals surface area contributed by atoms with Gasteiger partial charge in [-0.15, -0.1) is 0 Å². The lowest BCUT2D eigenvalue weighted by atomic mass is 10.0. The zero-order valence-corrected chi connectivity index (χ0v) is 19.0. The molecule has 3 heterocycles. The van der Waals surface area contributed by atoms with Gasteiger partial charge in [0.25, 0.3) is 5.91 Å². The average Bonchev–Trinajstić information content (AvgIpc) is 3.47. The van der Waals surface area contributed by atoms with Crippen molar-refractivity contribution in [2.75, 3.05) is 5.32 Å². The van der Waals surface area contributed by atoms with Crippen LogP contribution in [0.1, 0.15) is 33.2 Å². The fraction of sp³-hybridized carbons (Fsp3) is 0.136. The molecule has 0 saturated heterocycles. The maximum absolute atomic E-state index is 14.1. The molecule has 0 saturated carbocycles. The van der Waals surface area contributed by atoms with E-state index >= 15 is 0 Å². The summed E-state index contributed by atoms with van der Waals surface area (Å²) in [7, 11) is 0. The molecule has 0 fully saturated rings. The number of H-pyrrole nitrogens is 1. The molecule has 1 aliphatic heterocycles. The van der Waals surface area contributed by atoms with E-state index in [0.717, 1.165) is 12.1 Å². The number of hydrogen-bond donors (Lipinski definition) is 3. The lowest BCUT2D eigenvalue weighted by molar-refractivity contribution is -0.137. The number of alkyl halides is 3. The molecule has 4 aromatic rings. The highest BCUT2D eigenvalue weighted by Gasteiger charge is 2.36. The molecule has 1 atom stereocenters. The van der Waals surface area contributed by atoms with Crippen LogP contribution in [0, 0.1) is 11.6 Å². The summed E-state index contributed by atoms with van der Waals surface area (Å²) < 4.78 is 68.8. The number of nitrogens with one attached hydrogen (secondary N) is 3. The van der Waals surface area contributed by atoms with Gasteiger partial charge in [-0.3, -0.25) is 14.7 Å². The van der Waals surface area contributed by atoms with Gasteiger partial charge in [0.1, 0.15) is 24.5 Å². The number of aromatic amines is 1. The summed E-state index contributed by atoms with van der Waals surface area (Å²) in [5.74, 6) is -3.61. The van der Waals surface area contributed by atoms with Crippen LogP contribution in [-0.2, 0) is 17.5 Å². The van der Waals surface area contributed by atoms with Gasteiger partial charge >= 0.3 is 6.18 Å². The van der Waals surface area contributed by atoms with E-state index in [9.17, 15) is 31.5 Å². The third-order valence-electron chi connectivity index (χ3n) is 5.50. The maximum atomic E-state index is 14.1. The van der Waals surface area contributed by atoms with E-state index in [-0.39, 0.29) is 46.4 Å².